The van der Waals surface area contributed by atoms with Crippen molar-refractivity contribution in [3.05, 3.63) is 0 Å². The van der Waals surface area contributed by atoms with Crippen LogP contribution in [-0.2, 0) is 4.74 Å². The Kier molecular flexibility index (Phi) is 8.04. The van der Waals surface area contributed by atoms with E-state index in [2.05, 4.69) is 34.6 Å². The quantitative estimate of drug-likeness (QED) is 0.613. The maximum absolute atomic E-state index is 9.71. The molecule has 0 radical (unpaired) electrons. The Labute approximate surface area is 101 Å². The van der Waals surface area contributed by atoms with E-state index in [4.69, 9.17) is 4.74 Å². The minimum atomic E-state index is -0.292. The van der Waals surface area contributed by atoms with E-state index in [-0.39, 0.29) is 6.10 Å². The van der Waals surface area contributed by atoms with Crippen LogP contribution in [0.2, 0.25) is 0 Å². The number of ether oxygens (including phenoxy) is 1. The molecule has 0 saturated heterocycles. The molecule has 0 heterocycles. The van der Waals surface area contributed by atoms with Crippen LogP contribution in [-0.4, -0.2) is 24.4 Å². The normalized spacial score (nSPS) is 16.1. The van der Waals surface area contributed by atoms with Crippen LogP contribution in [0.4, 0.5) is 0 Å². The van der Waals surface area contributed by atoms with Gasteiger partial charge in [0, 0.05) is 6.61 Å². The van der Waals surface area contributed by atoms with Crippen molar-refractivity contribution in [2.24, 2.45) is 11.3 Å². The molecular weight excluding hydrogens is 200 g/mol. The Morgan fingerprint density at radius 2 is 1.88 bits per heavy atom. The van der Waals surface area contributed by atoms with E-state index in [1.54, 1.807) is 0 Å². The van der Waals surface area contributed by atoms with Gasteiger partial charge in [0.15, 0.2) is 0 Å². The molecule has 0 bridgehead atoms. The van der Waals surface area contributed by atoms with Crippen LogP contribution in [0.3, 0.4) is 0 Å². The van der Waals surface area contributed by atoms with E-state index >= 15 is 0 Å². The highest BCUT2D eigenvalue weighted by atomic mass is 16.5. The van der Waals surface area contributed by atoms with Crippen molar-refractivity contribution >= 4 is 0 Å². The summed E-state index contributed by atoms with van der Waals surface area (Å²) in [5, 5.41) is 9.71. The maximum Gasteiger partial charge on any atom is 0.0776 e. The molecule has 1 N–H and O–H groups in total. The molecule has 0 aliphatic rings. The minimum Gasteiger partial charge on any atom is -0.391 e. The van der Waals surface area contributed by atoms with Crippen molar-refractivity contribution in [2.75, 3.05) is 13.2 Å². The van der Waals surface area contributed by atoms with E-state index in [1.165, 1.54) is 6.42 Å². The van der Waals surface area contributed by atoms with Gasteiger partial charge in [-0.3, -0.25) is 0 Å². The molecule has 0 amide bonds. The summed E-state index contributed by atoms with van der Waals surface area (Å²) >= 11 is 0. The van der Waals surface area contributed by atoms with Crippen molar-refractivity contribution < 1.29 is 9.84 Å². The van der Waals surface area contributed by atoms with Crippen LogP contribution >= 0.6 is 0 Å². The summed E-state index contributed by atoms with van der Waals surface area (Å²) in [4.78, 5) is 0. The lowest BCUT2D eigenvalue weighted by Crippen LogP contribution is -2.20. The molecule has 0 aliphatic carbocycles. The zero-order valence-electron chi connectivity index (χ0n) is 11.8. The lowest BCUT2D eigenvalue weighted by Gasteiger charge is -2.22. The number of hydrogen-bond acceptors (Lipinski definition) is 2. The number of rotatable bonds is 9. The minimum absolute atomic E-state index is 0.292. The second-order valence-electron chi connectivity index (χ2n) is 5.75. The molecule has 0 saturated carbocycles. The molecule has 2 unspecified atom stereocenters. The van der Waals surface area contributed by atoms with E-state index in [9.17, 15) is 5.11 Å². The first-order chi connectivity index (χ1) is 7.41. The summed E-state index contributed by atoms with van der Waals surface area (Å²) in [7, 11) is 0. The summed E-state index contributed by atoms with van der Waals surface area (Å²) in [6.07, 6.45) is 3.93. The zero-order chi connectivity index (χ0) is 12.6. The molecule has 0 rings (SSSR count). The van der Waals surface area contributed by atoms with Gasteiger partial charge in [0.1, 0.15) is 0 Å². The standard InChI is InChI=1S/C14H30O2/c1-6-12(3)10-13(15)11-16-9-8-14(4,5)7-2/h12-13,15H,6-11H2,1-5H3. The fourth-order valence-corrected chi connectivity index (χ4v) is 1.44. The van der Waals surface area contributed by atoms with E-state index in [1.807, 2.05) is 0 Å². The molecule has 0 spiro atoms. The van der Waals surface area contributed by atoms with E-state index < -0.39 is 0 Å². The van der Waals surface area contributed by atoms with Gasteiger partial charge in [-0.1, -0.05) is 47.5 Å². The third-order valence-corrected chi connectivity index (χ3v) is 3.56. The van der Waals surface area contributed by atoms with Crippen LogP contribution in [0.25, 0.3) is 0 Å². The van der Waals surface area contributed by atoms with Crippen molar-refractivity contribution in [3.8, 4) is 0 Å². The SMILES string of the molecule is CCC(C)CC(O)COCCC(C)(C)CC. The molecule has 2 heteroatoms. The van der Waals surface area contributed by atoms with Gasteiger partial charge in [0.25, 0.3) is 0 Å². The lowest BCUT2D eigenvalue weighted by molar-refractivity contribution is 0.0151. The van der Waals surface area contributed by atoms with Crippen molar-refractivity contribution in [1.82, 2.24) is 0 Å². The molecule has 2 atom stereocenters. The zero-order valence-corrected chi connectivity index (χ0v) is 11.8. The molecule has 0 aromatic rings. The van der Waals surface area contributed by atoms with Gasteiger partial charge >= 0.3 is 0 Å². The molecular formula is C14H30O2. The van der Waals surface area contributed by atoms with Gasteiger partial charge < -0.3 is 9.84 Å². The fraction of sp³-hybridized carbons (Fsp3) is 1.00. The van der Waals surface area contributed by atoms with Crippen LogP contribution < -0.4 is 0 Å². The summed E-state index contributed by atoms with van der Waals surface area (Å²) in [5.41, 5.74) is 0.363. The maximum atomic E-state index is 9.71. The number of hydrogen-bond donors (Lipinski definition) is 1. The Bertz CT molecular complexity index is 166. The van der Waals surface area contributed by atoms with Gasteiger partial charge in [-0.15, -0.1) is 0 Å². The van der Waals surface area contributed by atoms with Gasteiger partial charge in [0.2, 0.25) is 0 Å². The number of aliphatic hydroxyl groups is 1. The number of aliphatic hydroxyl groups excluding tert-OH is 1. The summed E-state index contributed by atoms with van der Waals surface area (Å²) in [6, 6.07) is 0. The average molecular weight is 230 g/mol. The first-order valence-electron chi connectivity index (χ1n) is 6.67. The third-order valence-electron chi connectivity index (χ3n) is 3.56. The van der Waals surface area contributed by atoms with Crippen molar-refractivity contribution in [1.29, 1.82) is 0 Å². The Morgan fingerprint density at radius 3 is 2.38 bits per heavy atom. The predicted molar refractivity (Wildman–Crippen MR) is 69.6 cm³/mol. The Balaban J connectivity index is 3.51. The molecule has 0 aliphatic heterocycles. The van der Waals surface area contributed by atoms with Crippen LogP contribution in [0.5, 0.6) is 0 Å². The van der Waals surface area contributed by atoms with Crippen LogP contribution in [0, 0.1) is 11.3 Å². The highest BCUT2D eigenvalue weighted by Crippen LogP contribution is 2.24. The summed E-state index contributed by atoms with van der Waals surface area (Å²) in [6.45, 7) is 12.3. The van der Waals surface area contributed by atoms with Gasteiger partial charge in [-0.05, 0) is 24.2 Å². The second-order valence-corrected chi connectivity index (χ2v) is 5.75. The van der Waals surface area contributed by atoms with Crippen molar-refractivity contribution in [3.63, 3.8) is 0 Å². The first-order valence-corrected chi connectivity index (χ1v) is 6.67. The monoisotopic (exact) mass is 230 g/mol. The molecule has 0 fully saturated rings. The van der Waals surface area contributed by atoms with E-state index in [0.29, 0.717) is 17.9 Å². The first kappa shape index (κ1) is 15.9. The van der Waals surface area contributed by atoms with Gasteiger partial charge in [-0.2, -0.15) is 0 Å². The molecule has 2 nitrogen and oxygen atoms in total. The topological polar surface area (TPSA) is 29.5 Å². The highest BCUT2D eigenvalue weighted by Gasteiger charge is 2.15. The summed E-state index contributed by atoms with van der Waals surface area (Å²) in [5.74, 6) is 0.589. The third kappa shape index (κ3) is 8.12. The van der Waals surface area contributed by atoms with E-state index in [0.717, 1.165) is 25.9 Å². The Hall–Kier alpha value is -0.0800. The predicted octanol–water partition coefficient (Wildman–Crippen LogP) is 3.63. The molecule has 98 valence electrons. The van der Waals surface area contributed by atoms with Gasteiger partial charge in [-0.25, -0.2) is 0 Å². The molecule has 0 aromatic carbocycles. The largest absolute Gasteiger partial charge is 0.391 e. The van der Waals surface area contributed by atoms with Crippen LogP contribution in [0.15, 0.2) is 0 Å². The average Bonchev–Trinajstić information content (AvgIpc) is 2.24. The smallest absolute Gasteiger partial charge is 0.0776 e. The second kappa shape index (κ2) is 8.08. The fourth-order valence-electron chi connectivity index (χ4n) is 1.44. The molecule has 0 aromatic heterocycles. The summed E-state index contributed by atoms with van der Waals surface area (Å²) < 4.78 is 5.53. The van der Waals surface area contributed by atoms with Crippen LogP contribution in [0.1, 0.15) is 60.3 Å². The molecule has 16 heavy (non-hydrogen) atoms. The Morgan fingerprint density at radius 1 is 1.25 bits per heavy atom. The van der Waals surface area contributed by atoms with Gasteiger partial charge in [0.05, 0.1) is 12.7 Å². The lowest BCUT2D eigenvalue weighted by atomic mass is 9.87. The van der Waals surface area contributed by atoms with Crippen molar-refractivity contribution in [2.45, 2.75) is 66.4 Å². The highest BCUT2D eigenvalue weighted by molar-refractivity contribution is 4.66.